The van der Waals surface area contributed by atoms with Crippen LogP contribution in [-0.2, 0) is 14.4 Å². The second-order valence-corrected chi connectivity index (χ2v) is 16.3. The minimum atomic E-state index is -0.874. The van der Waals surface area contributed by atoms with E-state index in [4.69, 9.17) is 0 Å². The first kappa shape index (κ1) is 43.6. The molecule has 3 aromatic rings. The average molecular weight is 797 g/mol. The van der Waals surface area contributed by atoms with Gasteiger partial charge < -0.3 is 36.2 Å². The molecule has 4 heterocycles. The van der Waals surface area contributed by atoms with Crippen LogP contribution >= 0.6 is 23.7 Å². The van der Waals surface area contributed by atoms with Crippen LogP contribution in [0.3, 0.4) is 0 Å². The van der Waals surface area contributed by atoms with Crippen LogP contribution in [0.4, 0.5) is 5.82 Å². The monoisotopic (exact) mass is 796 g/mol. The van der Waals surface area contributed by atoms with E-state index >= 15 is 0 Å². The number of aliphatic hydroxyl groups is 1. The topological polar surface area (TPSA) is 169 Å². The van der Waals surface area contributed by atoms with Gasteiger partial charge in [0.05, 0.1) is 33.8 Å². The molecule has 4 atom stereocenters. The van der Waals surface area contributed by atoms with Gasteiger partial charge in [-0.2, -0.15) is 0 Å². The van der Waals surface area contributed by atoms with E-state index in [-0.39, 0.29) is 61.5 Å². The van der Waals surface area contributed by atoms with Gasteiger partial charge in [0.2, 0.25) is 17.7 Å². The number of β-amino-alcohol motifs (C(OH)–C–C–N with tert-alkyl or cyclic N) is 1. The van der Waals surface area contributed by atoms with Crippen molar-refractivity contribution in [2.45, 2.75) is 97.4 Å². The third-order valence-electron chi connectivity index (χ3n) is 10.1. The smallest absolute Gasteiger partial charge is 0.252 e. The van der Waals surface area contributed by atoms with Gasteiger partial charge in [0.15, 0.2) is 0 Å². The lowest BCUT2D eigenvalue weighted by atomic mass is 9.85. The Bertz CT molecular complexity index is 1730. The Kier molecular flexibility index (Phi) is 16.0. The SMILES string of the molecule is Cc1ncsc1-c1ccc([C@H](C)NC(=O)[C@@H]2C[C@@H](O)CN2C(=O)[C@@H](NC(=O)CCCCCCNC(=O)c2ccc(N3CCNCC3)nc2)C(C)(C)C)cc1.Cl. The summed E-state index contributed by atoms with van der Waals surface area (Å²) in [6.07, 6.45) is 4.20. The number of rotatable bonds is 15. The van der Waals surface area contributed by atoms with Crippen molar-refractivity contribution in [3.05, 3.63) is 64.9 Å². The van der Waals surface area contributed by atoms with Crippen LogP contribution in [0.15, 0.2) is 48.1 Å². The zero-order chi connectivity index (χ0) is 38.8. The third kappa shape index (κ3) is 11.9. The van der Waals surface area contributed by atoms with Gasteiger partial charge in [0.25, 0.3) is 5.91 Å². The lowest BCUT2D eigenvalue weighted by Gasteiger charge is -2.35. The number of nitrogens with one attached hydrogen (secondary N) is 4. The predicted molar refractivity (Wildman–Crippen MR) is 218 cm³/mol. The fraction of sp³-hybridized carbons (Fsp3) is 0.550. The number of aliphatic hydroxyl groups excluding tert-OH is 1. The van der Waals surface area contributed by atoms with Crippen LogP contribution in [-0.4, -0.2) is 101 Å². The molecule has 0 unspecified atom stereocenters. The largest absolute Gasteiger partial charge is 0.391 e. The molecule has 13 nitrogen and oxygen atoms in total. The number of hydrogen-bond donors (Lipinski definition) is 5. The zero-order valence-corrected chi connectivity index (χ0v) is 34.2. The number of amides is 4. The summed E-state index contributed by atoms with van der Waals surface area (Å²) in [6.45, 7) is 13.7. The highest BCUT2D eigenvalue weighted by Gasteiger charge is 2.44. The highest BCUT2D eigenvalue weighted by atomic mass is 35.5. The van der Waals surface area contributed by atoms with Crippen LogP contribution in [0.1, 0.15) is 93.9 Å². The summed E-state index contributed by atoms with van der Waals surface area (Å²) in [5.41, 5.74) is 4.67. The van der Waals surface area contributed by atoms with Crippen LogP contribution in [0.2, 0.25) is 0 Å². The van der Waals surface area contributed by atoms with Crippen molar-refractivity contribution in [3.8, 4) is 10.4 Å². The molecule has 2 aliphatic rings. The zero-order valence-electron chi connectivity index (χ0n) is 32.6. The van der Waals surface area contributed by atoms with Crippen LogP contribution < -0.4 is 26.2 Å². The van der Waals surface area contributed by atoms with Gasteiger partial charge in [-0.15, -0.1) is 23.7 Å². The number of carbonyl (C=O) groups is 4. The molecule has 300 valence electrons. The van der Waals surface area contributed by atoms with Gasteiger partial charge in [-0.05, 0) is 55.4 Å². The van der Waals surface area contributed by atoms with Crippen molar-refractivity contribution in [1.29, 1.82) is 0 Å². The summed E-state index contributed by atoms with van der Waals surface area (Å²) in [5, 5.41) is 22.8. The highest BCUT2D eigenvalue weighted by Crippen LogP contribution is 2.29. The molecular formula is C40H57ClN8O5S. The Labute approximate surface area is 334 Å². The maximum Gasteiger partial charge on any atom is 0.252 e. The number of benzene rings is 1. The Balaban J connectivity index is 0.00000673. The minimum Gasteiger partial charge on any atom is -0.391 e. The molecule has 2 fully saturated rings. The summed E-state index contributed by atoms with van der Waals surface area (Å²) in [5.74, 6) is -0.235. The molecule has 0 bridgehead atoms. The van der Waals surface area contributed by atoms with Gasteiger partial charge in [-0.3, -0.25) is 19.2 Å². The first-order valence-electron chi connectivity index (χ1n) is 19.1. The quantitative estimate of drug-likeness (QED) is 0.140. The Morgan fingerprint density at radius 1 is 0.982 bits per heavy atom. The number of likely N-dealkylation sites (tertiary alicyclic amines) is 1. The van der Waals surface area contributed by atoms with Crippen molar-refractivity contribution >= 4 is 53.2 Å². The predicted octanol–water partition coefficient (Wildman–Crippen LogP) is 4.40. The second-order valence-electron chi connectivity index (χ2n) is 15.4. The first-order chi connectivity index (χ1) is 25.8. The van der Waals surface area contributed by atoms with E-state index in [0.29, 0.717) is 18.5 Å². The summed E-state index contributed by atoms with van der Waals surface area (Å²) >= 11 is 1.58. The number of piperazine rings is 1. The van der Waals surface area contributed by atoms with E-state index in [1.165, 1.54) is 4.90 Å². The van der Waals surface area contributed by atoms with Crippen LogP contribution in [0.25, 0.3) is 10.4 Å². The molecule has 55 heavy (non-hydrogen) atoms. The third-order valence-corrected chi connectivity index (χ3v) is 11.1. The van der Waals surface area contributed by atoms with Crippen LogP contribution in [0.5, 0.6) is 0 Å². The number of nitrogens with zero attached hydrogens (tertiary/aromatic N) is 4. The number of aromatic nitrogens is 2. The van der Waals surface area contributed by atoms with E-state index in [1.54, 1.807) is 17.5 Å². The minimum absolute atomic E-state index is 0. The second kappa shape index (κ2) is 20.2. The molecule has 0 spiro atoms. The Morgan fingerprint density at radius 3 is 2.33 bits per heavy atom. The van der Waals surface area contributed by atoms with Crippen molar-refractivity contribution in [2.24, 2.45) is 5.41 Å². The number of halogens is 1. The molecule has 2 aliphatic heterocycles. The normalized spacial score (nSPS) is 18.2. The van der Waals surface area contributed by atoms with Crippen LogP contribution in [0, 0.1) is 12.3 Å². The molecule has 2 aromatic heterocycles. The highest BCUT2D eigenvalue weighted by molar-refractivity contribution is 7.13. The fourth-order valence-corrected chi connectivity index (χ4v) is 7.73. The fourth-order valence-electron chi connectivity index (χ4n) is 6.92. The molecule has 4 amide bonds. The summed E-state index contributed by atoms with van der Waals surface area (Å²) in [4.78, 5) is 66.8. The summed E-state index contributed by atoms with van der Waals surface area (Å²) in [7, 11) is 0. The Hall–Kier alpha value is -4.11. The maximum absolute atomic E-state index is 14.0. The molecule has 1 aromatic carbocycles. The number of unbranched alkanes of at least 4 members (excludes halogenated alkanes) is 3. The number of thiazole rings is 1. The van der Waals surface area contributed by atoms with E-state index in [2.05, 4.69) is 36.1 Å². The molecule has 5 rings (SSSR count). The number of carbonyl (C=O) groups excluding carboxylic acids is 4. The number of aryl methyl sites for hydroxylation is 1. The number of pyridine rings is 1. The average Bonchev–Trinajstić information content (AvgIpc) is 3.78. The maximum atomic E-state index is 14.0. The number of anilines is 1. The molecule has 5 N–H and O–H groups in total. The van der Waals surface area contributed by atoms with Gasteiger partial charge in [-0.1, -0.05) is 57.9 Å². The van der Waals surface area contributed by atoms with Crippen molar-refractivity contribution in [3.63, 3.8) is 0 Å². The molecule has 15 heteroatoms. The van der Waals surface area contributed by atoms with Gasteiger partial charge >= 0.3 is 0 Å². The molecule has 2 saturated heterocycles. The number of hydrogen-bond acceptors (Lipinski definition) is 10. The van der Waals surface area contributed by atoms with E-state index in [1.807, 2.05) is 76.5 Å². The summed E-state index contributed by atoms with van der Waals surface area (Å²) in [6, 6.07) is 9.61. The lowest BCUT2D eigenvalue weighted by Crippen LogP contribution is -2.57. The molecule has 0 saturated carbocycles. The van der Waals surface area contributed by atoms with Gasteiger partial charge in [-0.25, -0.2) is 9.97 Å². The molecule has 0 aliphatic carbocycles. The van der Waals surface area contributed by atoms with Crippen molar-refractivity contribution < 1.29 is 24.3 Å². The van der Waals surface area contributed by atoms with E-state index < -0.39 is 23.6 Å². The van der Waals surface area contributed by atoms with Crippen molar-refractivity contribution in [1.82, 2.24) is 36.1 Å². The molecule has 0 radical (unpaired) electrons. The standard InChI is InChI=1S/C40H56N8O5S.ClH/c1-26(28-11-13-29(14-12-28)35-27(2)44-25-54-35)45-38(52)32-22-31(49)24-48(32)39(53)36(40(3,4)5)46-34(50)10-8-6-7-9-17-42-37(51)30-15-16-33(43-23-30)47-20-18-41-19-21-47;/h11-16,23,25-26,31-32,36,41,49H,6-10,17-22,24H2,1-5H3,(H,42,51)(H,45,52)(H,46,50);1H/t26-,31+,32-,36+;/m0./s1. The van der Waals surface area contributed by atoms with Gasteiger partial charge in [0, 0.05) is 58.3 Å². The first-order valence-corrected chi connectivity index (χ1v) is 20.0. The van der Waals surface area contributed by atoms with Gasteiger partial charge in [0.1, 0.15) is 17.9 Å². The van der Waals surface area contributed by atoms with E-state index in [9.17, 15) is 24.3 Å². The Morgan fingerprint density at radius 2 is 1.69 bits per heavy atom. The molecular weight excluding hydrogens is 740 g/mol. The lowest BCUT2D eigenvalue weighted by molar-refractivity contribution is -0.144. The van der Waals surface area contributed by atoms with E-state index in [0.717, 1.165) is 73.0 Å². The van der Waals surface area contributed by atoms with Crippen molar-refractivity contribution in [2.75, 3.05) is 44.2 Å². The summed E-state index contributed by atoms with van der Waals surface area (Å²) < 4.78 is 0.